The van der Waals surface area contributed by atoms with Crippen molar-refractivity contribution in [1.82, 2.24) is 0 Å². The summed E-state index contributed by atoms with van der Waals surface area (Å²) >= 11 is 5.92. The van der Waals surface area contributed by atoms with E-state index in [0.717, 1.165) is 5.69 Å². The van der Waals surface area contributed by atoms with Crippen LogP contribution in [0.5, 0.6) is 0 Å². The Kier molecular flexibility index (Phi) is 4.24. The monoisotopic (exact) mass is 210 g/mol. The van der Waals surface area contributed by atoms with E-state index in [4.69, 9.17) is 21.6 Å². The molecule has 0 saturated carbocycles. The number of benzene rings is 1. The minimum absolute atomic E-state index is 0.592. The minimum Gasteiger partial charge on any atom is -0.383 e. The summed E-state index contributed by atoms with van der Waals surface area (Å²) in [7, 11) is 1.63. The number of halogens is 1. The number of anilines is 1. The molecule has 4 heteroatoms. The Balaban J connectivity index is 2.70. The first-order chi connectivity index (χ1) is 6.77. The lowest BCUT2D eigenvalue weighted by molar-refractivity contribution is 0.211. The maximum Gasteiger partial charge on any atom is 0.0992 e. The molecular weight excluding hydrogens is 200 g/mol. The van der Waals surface area contributed by atoms with Crippen molar-refractivity contribution in [3.8, 4) is 6.07 Å². The quantitative estimate of drug-likeness (QED) is 0.776. The number of nitrogens with one attached hydrogen (secondary N) is 1. The van der Waals surface area contributed by atoms with Gasteiger partial charge in [0.2, 0.25) is 0 Å². The molecule has 0 aliphatic rings. The first-order valence-electron chi connectivity index (χ1n) is 4.20. The van der Waals surface area contributed by atoms with Crippen LogP contribution in [-0.4, -0.2) is 20.3 Å². The maximum atomic E-state index is 8.68. The number of ether oxygens (including phenoxy) is 1. The lowest BCUT2D eigenvalue weighted by atomic mass is 10.2. The van der Waals surface area contributed by atoms with Gasteiger partial charge in [-0.15, -0.1) is 0 Å². The predicted octanol–water partition coefficient (Wildman–Crippen LogP) is 2.27. The Labute approximate surface area is 88.3 Å². The highest BCUT2D eigenvalue weighted by atomic mass is 35.5. The second-order valence-corrected chi connectivity index (χ2v) is 3.13. The zero-order valence-electron chi connectivity index (χ0n) is 7.88. The van der Waals surface area contributed by atoms with Crippen LogP contribution < -0.4 is 5.32 Å². The van der Waals surface area contributed by atoms with Gasteiger partial charge in [0.1, 0.15) is 0 Å². The lowest BCUT2D eigenvalue weighted by Crippen LogP contribution is -2.07. The molecule has 1 N–H and O–H groups in total. The molecule has 0 aliphatic carbocycles. The molecule has 1 rings (SSSR count). The van der Waals surface area contributed by atoms with E-state index in [1.54, 1.807) is 25.3 Å². The third-order valence-electron chi connectivity index (χ3n) is 1.72. The molecule has 0 heterocycles. The van der Waals surface area contributed by atoms with E-state index in [1.807, 2.05) is 0 Å². The minimum atomic E-state index is 0.592. The predicted molar refractivity (Wildman–Crippen MR) is 56.5 cm³/mol. The van der Waals surface area contributed by atoms with Crippen molar-refractivity contribution >= 4 is 17.3 Å². The van der Waals surface area contributed by atoms with Crippen LogP contribution in [0.3, 0.4) is 0 Å². The average molecular weight is 211 g/mol. The summed E-state index contributed by atoms with van der Waals surface area (Å²) in [5.41, 5.74) is 1.36. The second-order valence-electron chi connectivity index (χ2n) is 2.73. The Morgan fingerprint density at radius 2 is 2.36 bits per heavy atom. The summed E-state index contributed by atoms with van der Waals surface area (Å²) in [4.78, 5) is 0. The summed E-state index contributed by atoms with van der Waals surface area (Å²) in [6.45, 7) is 1.28. The molecule has 0 radical (unpaired) electrons. The fourth-order valence-corrected chi connectivity index (χ4v) is 1.20. The molecule has 0 atom stereocenters. The van der Waals surface area contributed by atoms with Crippen LogP contribution in [0.4, 0.5) is 5.69 Å². The Bertz CT molecular complexity index is 346. The van der Waals surface area contributed by atoms with Gasteiger partial charge < -0.3 is 10.1 Å². The number of methoxy groups -OCH3 is 1. The largest absolute Gasteiger partial charge is 0.383 e. The second kappa shape index (κ2) is 5.48. The third kappa shape index (κ3) is 2.91. The summed E-state index contributed by atoms with van der Waals surface area (Å²) < 4.78 is 4.89. The van der Waals surface area contributed by atoms with Crippen molar-refractivity contribution in [2.24, 2.45) is 0 Å². The average Bonchev–Trinajstić information content (AvgIpc) is 2.21. The summed E-state index contributed by atoms with van der Waals surface area (Å²) in [5.74, 6) is 0. The van der Waals surface area contributed by atoms with Gasteiger partial charge in [0.25, 0.3) is 0 Å². The van der Waals surface area contributed by atoms with Crippen LogP contribution in [0.2, 0.25) is 5.02 Å². The summed E-state index contributed by atoms with van der Waals surface area (Å²) in [6.07, 6.45) is 0. The zero-order valence-corrected chi connectivity index (χ0v) is 8.64. The fourth-order valence-electron chi connectivity index (χ4n) is 1.02. The van der Waals surface area contributed by atoms with E-state index in [9.17, 15) is 0 Å². The summed E-state index contributed by atoms with van der Waals surface area (Å²) in [6, 6.07) is 7.16. The van der Waals surface area contributed by atoms with Gasteiger partial charge in [-0.3, -0.25) is 0 Å². The van der Waals surface area contributed by atoms with E-state index in [0.29, 0.717) is 23.7 Å². The highest BCUT2D eigenvalue weighted by molar-refractivity contribution is 6.33. The van der Waals surface area contributed by atoms with E-state index in [1.165, 1.54) is 0 Å². The van der Waals surface area contributed by atoms with E-state index in [2.05, 4.69) is 11.4 Å². The molecule has 3 nitrogen and oxygen atoms in total. The Morgan fingerprint density at radius 1 is 1.57 bits per heavy atom. The normalized spacial score (nSPS) is 9.50. The van der Waals surface area contributed by atoms with Gasteiger partial charge in [-0.25, -0.2) is 0 Å². The Hall–Kier alpha value is -1.24. The van der Waals surface area contributed by atoms with Crippen molar-refractivity contribution in [3.05, 3.63) is 28.8 Å². The zero-order chi connectivity index (χ0) is 10.4. The molecule has 1 aromatic carbocycles. The van der Waals surface area contributed by atoms with Crippen molar-refractivity contribution < 1.29 is 4.74 Å². The molecule has 0 bridgehead atoms. The van der Waals surface area contributed by atoms with E-state index < -0.39 is 0 Å². The molecule has 0 spiro atoms. The van der Waals surface area contributed by atoms with Crippen LogP contribution >= 0.6 is 11.6 Å². The molecule has 0 saturated heterocycles. The van der Waals surface area contributed by atoms with E-state index >= 15 is 0 Å². The SMILES string of the molecule is COCCNc1cc(C#N)ccc1Cl. The number of hydrogen-bond acceptors (Lipinski definition) is 3. The van der Waals surface area contributed by atoms with Gasteiger partial charge in [-0.2, -0.15) is 5.26 Å². The van der Waals surface area contributed by atoms with Crippen LogP contribution in [0.1, 0.15) is 5.56 Å². The molecule has 74 valence electrons. The van der Waals surface area contributed by atoms with Gasteiger partial charge in [0.05, 0.1) is 28.9 Å². The van der Waals surface area contributed by atoms with Crippen LogP contribution in [-0.2, 0) is 4.74 Å². The van der Waals surface area contributed by atoms with Crippen molar-refractivity contribution in [2.75, 3.05) is 25.6 Å². The van der Waals surface area contributed by atoms with Crippen molar-refractivity contribution in [3.63, 3.8) is 0 Å². The molecule has 14 heavy (non-hydrogen) atoms. The van der Waals surface area contributed by atoms with Crippen LogP contribution in [0, 0.1) is 11.3 Å². The first kappa shape index (κ1) is 10.8. The first-order valence-corrected chi connectivity index (χ1v) is 4.58. The number of nitrogens with zero attached hydrogens (tertiary/aromatic N) is 1. The Morgan fingerprint density at radius 3 is 3.00 bits per heavy atom. The lowest BCUT2D eigenvalue weighted by Gasteiger charge is -2.07. The number of nitriles is 1. The molecule has 0 fully saturated rings. The smallest absolute Gasteiger partial charge is 0.0992 e. The highest BCUT2D eigenvalue weighted by Crippen LogP contribution is 2.22. The van der Waals surface area contributed by atoms with Gasteiger partial charge in [-0.05, 0) is 18.2 Å². The fraction of sp³-hybridized carbons (Fsp3) is 0.300. The van der Waals surface area contributed by atoms with E-state index in [-0.39, 0.29) is 0 Å². The number of rotatable bonds is 4. The van der Waals surface area contributed by atoms with Gasteiger partial charge in [0, 0.05) is 13.7 Å². The van der Waals surface area contributed by atoms with Crippen molar-refractivity contribution in [2.45, 2.75) is 0 Å². The maximum absolute atomic E-state index is 8.68. The summed E-state index contributed by atoms with van der Waals surface area (Å²) in [5, 5.41) is 12.4. The molecule has 0 aromatic heterocycles. The van der Waals surface area contributed by atoms with Gasteiger partial charge in [0.15, 0.2) is 0 Å². The molecular formula is C10H11ClN2O. The molecule has 1 aromatic rings. The third-order valence-corrected chi connectivity index (χ3v) is 2.05. The van der Waals surface area contributed by atoms with Crippen LogP contribution in [0.15, 0.2) is 18.2 Å². The standard InChI is InChI=1S/C10H11ClN2O/c1-14-5-4-13-10-6-8(7-12)2-3-9(10)11/h2-3,6,13H,4-5H2,1H3. The number of hydrogen-bond donors (Lipinski definition) is 1. The molecule has 0 unspecified atom stereocenters. The van der Waals surface area contributed by atoms with Gasteiger partial charge in [-0.1, -0.05) is 11.6 Å². The van der Waals surface area contributed by atoms with Crippen molar-refractivity contribution in [1.29, 1.82) is 5.26 Å². The molecule has 0 aliphatic heterocycles. The highest BCUT2D eigenvalue weighted by Gasteiger charge is 2.00. The van der Waals surface area contributed by atoms with Crippen LogP contribution in [0.25, 0.3) is 0 Å². The molecule has 0 amide bonds. The topological polar surface area (TPSA) is 45.0 Å². The van der Waals surface area contributed by atoms with Gasteiger partial charge >= 0.3 is 0 Å².